The third kappa shape index (κ3) is 4.51. The van der Waals surface area contributed by atoms with Crippen molar-refractivity contribution in [2.45, 2.75) is 6.92 Å². The molecule has 186 valence electrons. The number of hydrogen-bond acceptors (Lipinski definition) is 6. The molecule has 1 N–H and O–H groups in total. The van der Waals surface area contributed by atoms with E-state index in [4.69, 9.17) is 9.15 Å². The van der Waals surface area contributed by atoms with E-state index in [0.29, 0.717) is 45.6 Å². The molecule has 8 heteroatoms. The van der Waals surface area contributed by atoms with E-state index in [2.05, 4.69) is 15.5 Å². The number of amides is 1. The summed E-state index contributed by atoms with van der Waals surface area (Å²) in [6.45, 7) is 2.54. The molecule has 0 saturated heterocycles. The first-order valence-electron chi connectivity index (χ1n) is 12.1. The maximum absolute atomic E-state index is 12.9. The number of aromatic nitrogens is 3. The van der Waals surface area contributed by atoms with Crippen molar-refractivity contribution in [1.29, 1.82) is 0 Å². The molecule has 6 aromatic rings. The van der Waals surface area contributed by atoms with Crippen LogP contribution >= 0.6 is 0 Å². The predicted molar refractivity (Wildman–Crippen MR) is 146 cm³/mol. The Morgan fingerprint density at radius 2 is 1.66 bits per heavy atom. The zero-order valence-electron chi connectivity index (χ0n) is 20.4. The summed E-state index contributed by atoms with van der Waals surface area (Å²) in [6, 6.07) is 28.9. The molecule has 0 atom stereocenters. The molecule has 0 radical (unpaired) electrons. The lowest BCUT2D eigenvalue weighted by atomic mass is 10.0. The predicted octanol–water partition coefficient (Wildman–Crippen LogP) is 5.84. The van der Waals surface area contributed by atoms with Gasteiger partial charge in [-0.15, -0.1) is 10.2 Å². The van der Waals surface area contributed by atoms with Gasteiger partial charge in [0.25, 0.3) is 5.91 Å². The number of nitrogens with zero attached hydrogens (tertiary/aromatic N) is 3. The van der Waals surface area contributed by atoms with E-state index in [1.165, 1.54) is 0 Å². The van der Waals surface area contributed by atoms with Gasteiger partial charge >= 0.3 is 5.63 Å². The molecule has 8 nitrogen and oxygen atoms in total. The standard InChI is InChI=1S/C30H22N4O4/c1-2-37-24-14-12-23(13-15-24)34-32-26-16-11-22(18-27(26)33-34)31-29(35)20-9-7-19(8-10-20)25-17-21-5-3-4-6-28(21)38-30(25)36/h3-18H,2H2,1H3,(H,31,35). The highest BCUT2D eigenvalue weighted by molar-refractivity contribution is 6.05. The topological polar surface area (TPSA) is 99.2 Å². The fourth-order valence-electron chi connectivity index (χ4n) is 4.22. The second-order valence-electron chi connectivity index (χ2n) is 8.64. The van der Waals surface area contributed by atoms with Crippen LogP contribution in [0.2, 0.25) is 0 Å². The number of ether oxygens (including phenoxy) is 1. The summed E-state index contributed by atoms with van der Waals surface area (Å²) in [5.74, 6) is 0.507. The minimum absolute atomic E-state index is 0.277. The SMILES string of the molecule is CCOc1ccc(-n2nc3ccc(NC(=O)c4ccc(-c5cc6ccccc6oc5=O)cc4)cc3n2)cc1. The van der Waals surface area contributed by atoms with Crippen LogP contribution in [0.5, 0.6) is 5.75 Å². The minimum atomic E-state index is -0.424. The van der Waals surface area contributed by atoms with E-state index in [1.54, 1.807) is 53.3 Å². The van der Waals surface area contributed by atoms with Gasteiger partial charge in [0.2, 0.25) is 0 Å². The lowest BCUT2D eigenvalue weighted by Crippen LogP contribution is -2.11. The smallest absolute Gasteiger partial charge is 0.344 e. The van der Waals surface area contributed by atoms with E-state index in [0.717, 1.165) is 16.8 Å². The fraction of sp³-hybridized carbons (Fsp3) is 0.0667. The number of hydrogen-bond donors (Lipinski definition) is 1. The number of para-hydroxylation sites is 1. The summed E-state index contributed by atoms with van der Waals surface area (Å²) in [4.78, 5) is 26.9. The quantitative estimate of drug-likeness (QED) is 0.287. The maximum Gasteiger partial charge on any atom is 0.344 e. The van der Waals surface area contributed by atoms with Gasteiger partial charge in [-0.3, -0.25) is 4.79 Å². The summed E-state index contributed by atoms with van der Waals surface area (Å²) in [5, 5.41) is 12.8. The van der Waals surface area contributed by atoms with Crippen LogP contribution in [0.3, 0.4) is 0 Å². The van der Waals surface area contributed by atoms with Crippen LogP contribution in [0.1, 0.15) is 17.3 Å². The van der Waals surface area contributed by atoms with Crippen LogP contribution in [0.4, 0.5) is 5.69 Å². The minimum Gasteiger partial charge on any atom is -0.494 e. The molecule has 0 fully saturated rings. The first-order chi connectivity index (χ1) is 18.6. The summed E-state index contributed by atoms with van der Waals surface area (Å²) < 4.78 is 10.9. The Morgan fingerprint density at radius 3 is 2.45 bits per heavy atom. The molecule has 0 aliphatic carbocycles. The average Bonchev–Trinajstić information content (AvgIpc) is 3.37. The second kappa shape index (κ2) is 9.67. The van der Waals surface area contributed by atoms with Crippen LogP contribution in [-0.2, 0) is 0 Å². The molecule has 38 heavy (non-hydrogen) atoms. The zero-order chi connectivity index (χ0) is 26.1. The Kier molecular flexibility index (Phi) is 5.89. The van der Waals surface area contributed by atoms with Gasteiger partial charge in [0.05, 0.1) is 17.9 Å². The van der Waals surface area contributed by atoms with Gasteiger partial charge in [-0.2, -0.15) is 4.80 Å². The Morgan fingerprint density at radius 1 is 0.895 bits per heavy atom. The van der Waals surface area contributed by atoms with Gasteiger partial charge in [0.15, 0.2) is 0 Å². The number of anilines is 1. The molecule has 0 saturated carbocycles. The number of carbonyl (C=O) groups is 1. The van der Waals surface area contributed by atoms with Crippen molar-refractivity contribution in [3.8, 4) is 22.6 Å². The van der Waals surface area contributed by atoms with Gasteiger partial charge in [-0.1, -0.05) is 30.3 Å². The Labute approximate surface area is 217 Å². The number of nitrogens with one attached hydrogen (secondary N) is 1. The summed E-state index contributed by atoms with van der Waals surface area (Å²) in [6.07, 6.45) is 0. The van der Waals surface area contributed by atoms with E-state index in [9.17, 15) is 9.59 Å². The molecule has 6 rings (SSSR count). The molecule has 0 aliphatic heterocycles. The molecule has 0 bridgehead atoms. The molecule has 0 aliphatic rings. The number of benzene rings is 4. The fourth-order valence-corrected chi connectivity index (χ4v) is 4.22. The monoisotopic (exact) mass is 502 g/mol. The first-order valence-corrected chi connectivity index (χ1v) is 12.1. The first kappa shape index (κ1) is 23.2. The lowest BCUT2D eigenvalue weighted by Gasteiger charge is -2.07. The van der Waals surface area contributed by atoms with Gasteiger partial charge < -0.3 is 14.5 Å². The third-order valence-electron chi connectivity index (χ3n) is 6.12. The van der Waals surface area contributed by atoms with Crippen LogP contribution in [0.15, 0.2) is 106 Å². The van der Waals surface area contributed by atoms with Crippen molar-refractivity contribution in [3.63, 3.8) is 0 Å². The van der Waals surface area contributed by atoms with Crippen molar-refractivity contribution in [2.24, 2.45) is 0 Å². The van der Waals surface area contributed by atoms with Gasteiger partial charge in [0, 0.05) is 16.6 Å². The third-order valence-corrected chi connectivity index (χ3v) is 6.12. The second-order valence-corrected chi connectivity index (χ2v) is 8.64. The van der Waals surface area contributed by atoms with Crippen molar-refractivity contribution in [3.05, 3.63) is 113 Å². The summed E-state index contributed by atoms with van der Waals surface area (Å²) in [7, 11) is 0. The van der Waals surface area contributed by atoms with Crippen LogP contribution in [0, 0.1) is 0 Å². The maximum atomic E-state index is 12.9. The molecule has 0 unspecified atom stereocenters. The van der Waals surface area contributed by atoms with Crippen molar-refractivity contribution < 1.29 is 13.9 Å². The molecule has 0 spiro atoms. The van der Waals surface area contributed by atoms with E-state index in [-0.39, 0.29) is 5.91 Å². The molecule has 1 amide bonds. The van der Waals surface area contributed by atoms with Gasteiger partial charge in [0.1, 0.15) is 22.4 Å². The largest absolute Gasteiger partial charge is 0.494 e. The van der Waals surface area contributed by atoms with E-state index in [1.807, 2.05) is 55.5 Å². The highest BCUT2D eigenvalue weighted by Gasteiger charge is 2.12. The highest BCUT2D eigenvalue weighted by atomic mass is 16.5. The summed E-state index contributed by atoms with van der Waals surface area (Å²) in [5.41, 5.74) is 4.44. The molecule has 4 aromatic carbocycles. The van der Waals surface area contributed by atoms with Crippen LogP contribution in [0.25, 0.3) is 38.8 Å². The molecular formula is C30H22N4O4. The number of fused-ring (bicyclic) bond motifs is 2. The lowest BCUT2D eigenvalue weighted by molar-refractivity contribution is 0.102. The van der Waals surface area contributed by atoms with Crippen molar-refractivity contribution in [2.75, 3.05) is 11.9 Å². The zero-order valence-corrected chi connectivity index (χ0v) is 20.4. The number of rotatable bonds is 6. The van der Waals surface area contributed by atoms with Crippen molar-refractivity contribution >= 4 is 33.6 Å². The molecule has 2 heterocycles. The van der Waals surface area contributed by atoms with Crippen molar-refractivity contribution in [1.82, 2.24) is 15.0 Å². The Hall–Kier alpha value is -5.24. The van der Waals surface area contributed by atoms with Crippen LogP contribution < -0.4 is 15.7 Å². The van der Waals surface area contributed by atoms with Crippen LogP contribution in [-0.4, -0.2) is 27.5 Å². The van der Waals surface area contributed by atoms with E-state index >= 15 is 0 Å². The molecular weight excluding hydrogens is 480 g/mol. The molecule has 2 aromatic heterocycles. The summed E-state index contributed by atoms with van der Waals surface area (Å²) >= 11 is 0. The Balaban J connectivity index is 1.20. The van der Waals surface area contributed by atoms with E-state index < -0.39 is 5.63 Å². The van der Waals surface area contributed by atoms with Gasteiger partial charge in [-0.25, -0.2) is 4.79 Å². The van der Waals surface area contributed by atoms with Gasteiger partial charge in [-0.05, 0) is 79.2 Å². The highest BCUT2D eigenvalue weighted by Crippen LogP contribution is 2.23. The Bertz CT molecular complexity index is 1840. The normalized spacial score (nSPS) is 11.1. The number of carbonyl (C=O) groups excluding carboxylic acids is 1. The average molecular weight is 503 g/mol.